The van der Waals surface area contributed by atoms with Crippen molar-refractivity contribution in [2.45, 2.75) is 38.4 Å². The van der Waals surface area contributed by atoms with Crippen LogP contribution in [0.1, 0.15) is 42.0 Å². The Kier molecular flexibility index (Phi) is 4.70. The van der Waals surface area contributed by atoms with Gasteiger partial charge >= 0.3 is 0 Å². The fraction of sp³-hybridized carbons (Fsp3) is 0.318. The van der Waals surface area contributed by atoms with Gasteiger partial charge in [-0.3, -0.25) is 4.79 Å². The lowest BCUT2D eigenvalue weighted by Gasteiger charge is -2.24. The molecule has 2 aromatic carbocycles. The van der Waals surface area contributed by atoms with Gasteiger partial charge in [-0.05, 0) is 30.2 Å². The molecule has 0 spiro atoms. The molecule has 2 aliphatic rings. The number of carbonyl (C=O) groups is 1. The predicted octanol–water partition coefficient (Wildman–Crippen LogP) is 4.35. The minimum Gasteiger partial charge on any atom is -0.493 e. The van der Waals surface area contributed by atoms with Crippen molar-refractivity contribution in [1.29, 1.82) is 0 Å². The molecule has 140 valence electrons. The first-order chi connectivity index (χ1) is 13.0. The second kappa shape index (κ2) is 7.02. The maximum absolute atomic E-state index is 11.2. The van der Waals surface area contributed by atoms with Gasteiger partial charge in [-0.2, -0.15) is 0 Å². The molecule has 2 heterocycles. The highest BCUT2D eigenvalue weighted by Crippen LogP contribution is 2.43. The Bertz CT molecular complexity index is 934. The van der Waals surface area contributed by atoms with Crippen LogP contribution in [0.5, 0.6) is 11.5 Å². The number of fused-ring (bicyclic) bond motifs is 2. The summed E-state index contributed by atoms with van der Waals surface area (Å²) in [7, 11) is 0. The fourth-order valence-corrected chi connectivity index (χ4v) is 3.95. The Balaban J connectivity index is 1.68. The normalized spacial score (nSPS) is 21.0. The van der Waals surface area contributed by atoms with E-state index < -0.39 is 5.79 Å². The maximum atomic E-state index is 11.2. The molecule has 0 radical (unpaired) electrons. The number of carbonyl (C=O) groups excluding carboxylic acids is 1. The van der Waals surface area contributed by atoms with Crippen molar-refractivity contribution in [1.82, 2.24) is 0 Å². The monoisotopic (exact) mass is 384 g/mol. The number of aryl methyl sites for hydroxylation is 1. The summed E-state index contributed by atoms with van der Waals surface area (Å²) in [6.45, 7) is 2.50. The second-order valence-corrected chi connectivity index (χ2v) is 7.40. The fourth-order valence-electron chi connectivity index (χ4n) is 3.65. The third-order valence-corrected chi connectivity index (χ3v) is 5.55. The van der Waals surface area contributed by atoms with Crippen LogP contribution in [0.25, 0.3) is 5.03 Å². The van der Waals surface area contributed by atoms with Gasteiger partial charge in [0.2, 0.25) is 5.79 Å². The molecule has 4 rings (SSSR count). The minimum atomic E-state index is -1.44. The van der Waals surface area contributed by atoms with Crippen LogP contribution in [0.4, 0.5) is 0 Å². The third-order valence-electron chi connectivity index (χ3n) is 5.10. The van der Waals surface area contributed by atoms with E-state index in [0.29, 0.717) is 46.9 Å². The molecule has 0 aliphatic carbocycles. The van der Waals surface area contributed by atoms with E-state index in [-0.39, 0.29) is 0 Å². The number of halogens is 1. The molecular weight excluding hydrogens is 364 g/mol. The summed E-state index contributed by atoms with van der Waals surface area (Å²) in [6.07, 6.45) is 3.64. The summed E-state index contributed by atoms with van der Waals surface area (Å²) < 4.78 is 11.7. The van der Waals surface area contributed by atoms with E-state index in [1.807, 2.05) is 12.1 Å². The highest BCUT2D eigenvalue weighted by Gasteiger charge is 2.40. The highest BCUT2D eigenvalue weighted by molar-refractivity contribution is 6.50. The molecule has 1 N–H and O–H groups in total. The van der Waals surface area contributed by atoms with Gasteiger partial charge in [0, 0.05) is 35.1 Å². The topological polar surface area (TPSA) is 55.8 Å². The van der Waals surface area contributed by atoms with Crippen LogP contribution in [0.3, 0.4) is 0 Å². The number of benzene rings is 2. The first-order valence-corrected chi connectivity index (χ1v) is 9.56. The van der Waals surface area contributed by atoms with Crippen molar-refractivity contribution < 1.29 is 19.4 Å². The molecule has 2 aromatic rings. The van der Waals surface area contributed by atoms with Crippen molar-refractivity contribution in [3.05, 3.63) is 64.2 Å². The molecule has 27 heavy (non-hydrogen) atoms. The Morgan fingerprint density at radius 2 is 2.07 bits per heavy atom. The van der Waals surface area contributed by atoms with Crippen LogP contribution in [0.15, 0.2) is 42.0 Å². The number of aldehydes is 1. The number of hydrogen-bond acceptors (Lipinski definition) is 4. The van der Waals surface area contributed by atoms with E-state index in [1.165, 1.54) is 5.56 Å². The van der Waals surface area contributed by atoms with Gasteiger partial charge in [0.15, 0.2) is 0 Å². The number of aliphatic hydroxyl groups is 1. The average Bonchev–Trinajstić information content (AvgIpc) is 2.92. The molecule has 0 saturated heterocycles. The van der Waals surface area contributed by atoms with E-state index in [9.17, 15) is 9.90 Å². The lowest BCUT2D eigenvalue weighted by molar-refractivity contribution is -0.129. The zero-order valence-electron chi connectivity index (χ0n) is 15.1. The van der Waals surface area contributed by atoms with Gasteiger partial charge in [0.25, 0.3) is 0 Å². The molecule has 1 atom stereocenters. The van der Waals surface area contributed by atoms with E-state index >= 15 is 0 Å². The molecule has 1 unspecified atom stereocenters. The van der Waals surface area contributed by atoms with E-state index in [0.717, 1.165) is 30.4 Å². The lowest BCUT2D eigenvalue weighted by Crippen LogP contribution is -2.30. The van der Waals surface area contributed by atoms with Gasteiger partial charge in [0.05, 0.1) is 11.6 Å². The summed E-state index contributed by atoms with van der Waals surface area (Å²) in [4.78, 5) is 11.2. The summed E-state index contributed by atoms with van der Waals surface area (Å²) in [6, 6.07) is 11.4. The standard InChI is InChI=1S/C22H21ClO4/c1-2-3-14-4-5-15-12-22(25,27-19(15)10-14)17-6-7-18-20(11-17)26-9-8-16(13-24)21(18)23/h4-7,10-11,13,25H,2-3,8-9,12H2,1H3. The van der Waals surface area contributed by atoms with E-state index in [4.69, 9.17) is 21.1 Å². The Hall–Kier alpha value is -2.30. The highest BCUT2D eigenvalue weighted by atomic mass is 35.5. The molecular formula is C22H21ClO4. The Morgan fingerprint density at radius 1 is 1.22 bits per heavy atom. The quantitative estimate of drug-likeness (QED) is 0.796. The van der Waals surface area contributed by atoms with Crippen LogP contribution in [0.2, 0.25) is 0 Å². The van der Waals surface area contributed by atoms with Crippen LogP contribution in [-0.4, -0.2) is 18.0 Å². The predicted molar refractivity (Wildman–Crippen MR) is 104 cm³/mol. The van der Waals surface area contributed by atoms with Crippen LogP contribution < -0.4 is 9.47 Å². The van der Waals surface area contributed by atoms with Crippen molar-refractivity contribution >= 4 is 22.9 Å². The smallest absolute Gasteiger partial charge is 0.239 e. The Labute approximate surface area is 163 Å². The zero-order valence-corrected chi connectivity index (χ0v) is 15.9. The minimum absolute atomic E-state index is 0.362. The van der Waals surface area contributed by atoms with Gasteiger partial charge in [-0.25, -0.2) is 0 Å². The molecule has 2 aliphatic heterocycles. The summed E-state index contributed by atoms with van der Waals surface area (Å²) >= 11 is 6.36. The summed E-state index contributed by atoms with van der Waals surface area (Å²) in [5, 5.41) is 11.6. The lowest BCUT2D eigenvalue weighted by atomic mass is 9.97. The number of hydrogen-bond donors (Lipinski definition) is 1. The van der Waals surface area contributed by atoms with Gasteiger partial charge in [-0.1, -0.05) is 43.1 Å². The molecule has 5 heteroatoms. The molecule has 0 amide bonds. The van der Waals surface area contributed by atoms with Crippen molar-refractivity contribution in [3.63, 3.8) is 0 Å². The van der Waals surface area contributed by atoms with E-state index in [1.54, 1.807) is 18.2 Å². The molecule has 0 aromatic heterocycles. The first kappa shape index (κ1) is 18.1. The molecule has 0 bridgehead atoms. The largest absolute Gasteiger partial charge is 0.493 e. The van der Waals surface area contributed by atoms with E-state index in [2.05, 4.69) is 13.0 Å². The molecule has 4 nitrogen and oxygen atoms in total. The molecule has 0 fully saturated rings. The van der Waals surface area contributed by atoms with Gasteiger partial charge in [0.1, 0.15) is 17.8 Å². The molecule has 0 saturated carbocycles. The van der Waals surface area contributed by atoms with Crippen LogP contribution >= 0.6 is 11.6 Å². The van der Waals surface area contributed by atoms with Crippen LogP contribution in [-0.2, 0) is 23.4 Å². The SMILES string of the molecule is CCCc1ccc2c(c1)OC(O)(c1ccc3c(c1)OCCC(C=O)=C3Cl)C2. The van der Waals surface area contributed by atoms with Crippen LogP contribution in [0, 0.1) is 0 Å². The maximum Gasteiger partial charge on any atom is 0.239 e. The third kappa shape index (κ3) is 3.24. The summed E-state index contributed by atoms with van der Waals surface area (Å²) in [5.74, 6) is -0.170. The van der Waals surface area contributed by atoms with Crippen molar-refractivity contribution in [2.24, 2.45) is 0 Å². The average molecular weight is 385 g/mol. The van der Waals surface area contributed by atoms with Crippen molar-refractivity contribution in [2.75, 3.05) is 6.61 Å². The zero-order chi connectivity index (χ0) is 19.0. The van der Waals surface area contributed by atoms with Crippen molar-refractivity contribution in [3.8, 4) is 11.5 Å². The second-order valence-electron chi connectivity index (χ2n) is 7.02. The Morgan fingerprint density at radius 3 is 2.85 bits per heavy atom. The number of ether oxygens (including phenoxy) is 2. The summed E-state index contributed by atoms with van der Waals surface area (Å²) in [5.41, 5.74) is 3.96. The number of rotatable bonds is 4. The first-order valence-electron chi connectivity index (χ1n) is 9.19. The van der Waals surface area contributed by atoms with Gasteiger partial charge in [-0.15, -0.1) is 0 Å². The van der Waals surface area contributed by atoms with Gasteiger partial charge < -0.3 is 14.6 Å².